The molecule has 0 aliphatic carbocycles. The van der Waals surface area contributed by atoms with Gasteiger partial charge in [0.25, 0.3) is 0 Å². The van der Waals surface area contributed by atoms with Gasteiger partial charge in [0.05, 0.1) is 0 Å². The minimum Gasteiger partial charge on any atom is -0.399 e. The molecule has 0 saturated carbocycles. The number of benzene rings is 2. The van der Waals surface area contributed by atoms with Crippen molar-refractivity contribution >= 4 is 11.4 Å². The summed E-state index contributed by atoms with van der Waals surface area (Å²) in [6, 6.07) is 16.2. The maximum Gasteiger partial charge on any atom is 0.0314 e. The predicted molar refractivity (Wildman–Crippen MR) is 78.4 cm³/mol. The second-order valence-corrected chi connectivity index (χ2v) is 5.42. The molecule has 0 atom stereocenters. The molecule has 0 aliphatic rings. The first-order valence-corrected chi connectivity index (χ1v) is 6.18. The summed E-state index contributed by atoms with van der Waals surface area (Å²) in [6.07, 6.45) is 0.983. The number of anilines is 2. The molecule has 0 aromatic heterocycles. The lowest BCUT2D eigenvalue weighted by molar-refractivity contribution is 0.522. The zero-order valence-electron chi connectivity index (χ0n) is 11.0. The van der Waals surface area contributed by atoms with Crippen LogP contribution in [-0.2, 0) is 11.8 Å². The predicted octanol–water partition coefficient (Wildman–Crippen LogP) is 3.37. The van der Waals surface area contributed by atoms with Crippen molar-refractivity contribution in [1.82, 2.24) is 0 Å². The van der Waals surface area contributed by atoms with Gasteiger partial charge in [-0.25, -0.2) is 0 Å². The number of nitrogen functional groups attached to an aromatic ring is 2. The second kappa shape index (κ2) is 4.73. The summed E-state index contributed by atoms with van der Waals surface area (Å²) in [4.78, 5) is 0. The first kappa shape index (κ1) is 12.5. The fourth-order valence-corrected chi connectivity index (χ4v) is 2.18. The van der Waals surface area contributed by atoms with E-state index in [1.165, 1.54) is 11.1 Å². The van der Waals surface area contributed by atoms with Gasteiger partial charge < -0.3 is 11.5 Å². The molecule has 0 radical (unpaired) electrons. The van der Waals surface area contributed by atoms with E-state index in [2.05, 4.69) is 38.1 Å². The van der Waals surface area contributed by atoms with Crippen LogP contribution in [0.1, 0.15) is 25.0 Å². The molecule has 2 aromatic rings. The molecule has 94 valence electrons. The quantitative estimate of drug-likeness (QED) is 0.808. The molecule has 0 unspecified atom stereocenters. The van der Waals surface area contributed by atoms with Gasteiger partial charge in [-0.2, -0.15) is 0 Å². The monoisotopic (exact) mass is 240 g/mol. The van der Waals surface area contributed by atoms with Crippen molar-refractivity contribution in [3.8, 4) is 0 Å². The average molecular weight is 240 g/mol. The summed E-state index contributed by atoms with van der Waals surface area (Å²) < 4.78 is 0. The molecule has 0 saturated heterocycles. The summed E-state index contributed by atoms with van der Waals surface area (Å²) in [5.41, 5.74) is 15.7. The molecule has 0 aliphatic heterocycles. The Balaban J connectivity index is 2.20. The van der Waals surface area contributed by atoms with Crippen LogP contribution in [0.2, 0.25) is 0 Å². The largest absolute Gasteiger partial charge is 0.399 e. The maximum atomic E-state index is 5.73. The SMILES string of the molecule is CC(C)(Cc1ccc(N)cc1)c1ccc(N)cc1. The highest BCUT2D eigenvalue weighted by Crippen LogP contribution is 2.28. The van der Waals surface area contributed by atoms with Crippen molar-refractivity contribution in [3.05, 3.63) is 59.7 Å². The molecule has 0 heterocycles. The lowest BCUT2D eigenvalue weighted by atomic mass is 9.79. The molecular weight excluding hydrogens is 220 g/mol. The maximum absolute atomic E-state index is 5.73. The van der Waals surface area contributed by atoms with E-state index in [1.54, 1.807) is 0 Å². The van der Waals surface area contributed by atoms with E-state index in [9.17, 15) is 0 Å². The lowest BCUT2D eigenvalue weighted by Crippen LogP contribution is -2.20. The summed E-state index contributed by atoms with van der Waals surface area (Å²) in [5.74, 6) is 0. The van der Waals surface area contributed by atoms with Crippen LogP contribution in [0.3, 0.4) is 0 Å². The minimum atomic E-state index is 0.0871. The van der Waals surface area contributed by atoms with Crippen LogP contribution in [0, 0.1) is 0 Å². The molecular formula is C16H20N2. The zero-order chi connectivity index (χ0) is 13.2. The third-order valence-electron chi connectivity index (χ3n) is 3.32. The van der Waals surface area contributed by atoms with E-state index >= 15 is 0 Å². The topological polar surface area (TPSA) is 52.0 Å². The summed E-state index contributed by atoms with van der Waals surface area (Å²) >= 11 is 0. The van der Waals surface area contributed by atoms with E-state index in [0.717, 1.165) is 17.8 Å². The highest BCUT2D eigenvalue weighted by molar-refractivity contribution is 5.43. The first-order chi connectivity index (χ1) is 8.47. The van der Waals surface area contributed by atoms with Gasteiger partial charge in [0.2, 0.25) is 0 Å². The van der Waals surface area contributed by atoms with Crippen molar-refractivity contribution in [2.45, 2.75) is 25.7 Å². The molecule has 0 spiro atoms. The fourth-order valence-electron chi connectivity index (χ4n) is 2.18. The van der Waals surface area contributed by atoms with Gasteiger partial charge in [0.1, 0.15) is 0 Å². The Labute approximate surface area is 109 Å². The van der Waals surface area contributed by atoms with Crippen LogP contribution in [-0.4, -0.2) is 0 Å². The lowest BCUT2D eigenvalue weighted by Gasteiger charge is -2.25. The van der Waals surface area contributed by atoms with Crippen molar-refractivity contribution < 1.29 is 0 Å². The van der Waals surface area contributed by atoms with Gasteiger partial charge in [-0.15, -0.1) is 0 Å². The molecule has 0 fully saturated rings. The van der Waals surface area contributed by atoms with Crippen LogP contribution >= 0.6 is 0 Å². The normalized spacial score (nSPS) is 11.4. The van der Waals surface area contributed by atoms with E-state index in [4.69, 9.17) is 11.5 Å². The van der Waals surface area contributed by atoms with Gasteiger partial charge >= 0.3 is 0 Å². The number of hydrogen-bond acceptors (Lipinski definition) is 2. The van der Waals surface area contributed by atoms with Crippen LogP contribution in [0.4, 0.5) is 11.4 Å². The molecule has 0 amide bonds. The summed E-state index contributed by atoms with van der Waals surface area (Å²) in [6.45, 7) is 4.49. The first-order valence-electron chi connectivity index (χ1n) is 6.18. The van der Waals surface area contributed by atoms with E-state index in [1.807, 2.05) is 24.3 Å². The highest BCUT2D eigenvalue weighted by Gasteiger charge is 2.20. The van der Waals surface area contributed by atoms with Gasteiger partial charge in [0.15, 0.2) is 0 Å². The van der Waals surface area contributed by atoms with Gasteiger partial charge in [-0.1, -0.05) is 38.1 Å². The van der Waals surface area contributed by atoms with Crippen LogP contribution in [0.15, 0.2) is 48.5 Å². The third-order valence-corrected chi connectivity index (χ3v) is 3.32. The van der Waals surface area contributed by atoms with Crippen molar-refractivity contribution in [2.75, 3.05) is 11.5 Å². The molecule has 4 N–H and O–H groups in total. The summed E-state index contributed by atoms with van der Waals surface area (Å²) in [5, 5.41) is 0. The van der Waals surface area contributed by atoms with Gasteiger partial charge in [-0.05, 0) is 47.2 Å². The van der Waals surface area contributed by atoms with Crippen LogP contribution in [0.25, 0.3) is 0 Å². The van der Waals surface area contributed by atoms with E-state index in [0.29, 0.717) is 0 Å². The highest BCUT2D eigenvalue weighted by atomic mass is 14.5. The smallest absolute Gasteiger partial charge is 0.0314 e. The van der Waals surface area contributed by atoms with Crippen LogP contribution in [0.5, 0.6) is 0 Å². The van der Waals surface area contributed by atoms with Crippen LogP contribution < -0.4 is 11.5 Å². The fraction of sp³-hybridized carbons (Fsp3) is 0.250. The molecule has 2 rings (SSSR count). The van der Waals surface area contributed by atoms with Crippen molar-refractivity contribution in [1.29, 1.82) is 0 Å². The molecule has 2 aromatic carbocycles. The Morgan fingerprint density at radius 1 is 0.778 bits per heavy atom. The summed E-state index contributed by atoms with van der Waals surface area (Å²) in [7, 11) is 0. The molecule has 0 bridgehead atoms. The van der Waals surface area contributed by atoms with Gasteiger partial charge in [-0.3, -0.25) is 0 Å². The molecule has 18 heavy (non-hydrogen) atoms. The zero-order valence-corrected chi connectivity index (χ0v) is 11.0. The van der Waals surface area contributed by atoms with Crippen molar-refractivity contribution in [2.24, 2.45) is 0 Å². The number of rotatable bonds is 3. The minimum absolute atomic E-state index is 0.0871. The Kier molecular flexibility index (Phi) is 3.28. The van der Waals surface area contributed by atoms with E-state index < -0.39 is 0 Å². The second-order valence-electron chi connectivity index (χ2n) is 5.42. The number of nitrogens with two attached hydrogens (primary N) is 2. The van der Waals surface area contributed by atoms with Crippen molar-refractivity contribution in [3.63, 3.8) is 0 Å². The Morgan fingerprint density at radius 2 is 1.22 bits per heavy atom. The molecule has 2 nitrogen and oxygen atoms in total. The Bertz CT molecular complexity index is 510. The third kappa shape index (κ3) is 2.83. The standard InChI is InChI=1S/C16H20N2/c1-16(2,13-5-9-15(18)10-6-13)11-12-3-7-14(17)8-4-12/h3-10H,11,17-18H2,1-2H3. The number of hydrogen-bond donors (Lipinski definition) is 2. The van der Waals surface area contributed by atoms with Gasteiger partial charge in [0, 0.05) is 11.4 Å². The Morgan fingerprint density at radius 3 is 1.72 bits per heavy atom. The molecule has 2 heteroatoms. The van der Waals surface area contributed by atoms with E-state index in [-0.39, 0.29) is 5.41 Å². The Hall–Kier alpha value is -1.96. The average Bonchev–Trinajstić information content (AvgIpc) is 2.32.